The fourth-order valence-electron chi connectivity index (χ4n) is 2.26. The number of benzene rings is 1. The molecule has 1 aliphatic heterocycles. The highest BCUT2D eigenvalue weighted by Crippen LogP contribution is 2.27. The van der Waals surface area contributed by atoms with Gasteiger partial charge in [-0.1, -0.05) is 11.3 Å². The highest BCUT2D eigenvalue weighted by atomic mass is 16.5. The number of aromatic nitrogens is 3. The van der Waals surface area contributed by atoms with Crippen molar-refractivity contribution in [2.45, 2.75) is 12.5 Å². The van der Waals surface area contributed by atoms with E-state index in [-0.39, 0.29) is 18.1 Å². The maximum atomic E-state index is 11.8. The predicted octanol–water partition coefficient (Wildman–Crippen LogP) is 0.213. The minimum Gasteiger partial charge on any atom is -0.493 e. The van der Waals surface area contributed by atoms with Gasteiger partial charge in [0.25, 0.3) is 5.91 Å². The van der Waals surface area contributed by atoms with E-state index in [1.54, 1.807) is 7.05 Å². The average molecular weight is 288 g/mol. The Balaban J connectivity index is 1.61. The van der Waals surface area contributed by atoms with Gasteiger partial charge in [-0.3, -0.25) is 9.48 Å². The van der Waals surface area contributed by atoms with Gasteiger partial charge in [-0.15, -0.1) is 5.10 Å². The van der Waals surface area contributed by atoms with Crippen LogP contribution in [0, 0.1) is 0 Å². The van der Waals surface area contributed by atoms with Gasteiger partial charge in [0.05, 0.1) is 18.9 Å². The molecule has 0 saturated heterocycles. The zero-order chi connectivity index (χ0) is 14.8. The molecule has 1 atom stereocenters. The first-order chi connectivity index (χ1) is 10.1. The Kier molecular flexibility index (Phi) is 3.57. The number of amides is 1. The predicted molar refractivity (Wildman–Crippen MR) is 73.9 cm³/mol. The number of nitrogens with one attached hydrogen (secondary N) is 1. The Hall–Kier alpha value is -2.41. The van der Waals surface area contributed by atoms with Crippen LogP contribution in [0.2, 0.25) is 0 Å². The molecule has 0 spiro atoms. The van der Waals surface area contributed by atoms with Crippen LogP contribution < -0.4 is 10.1 Å². The van der Waals surface area contributed by atoms with Crippen LogP contribution in [0.3, 0.4) is 0 Å². The molecule has 0 bridgehead atoms. The summed E-state index contributed by atoms with van der Waals surface area (Å²) in [5.74, 6) is 0.515. The Labute approximate surface area is 121 Å². The lowest BCUT2D eigenvalue weighted by Gasteiger charge is -2.12. The van der Waals surface area contributed by atoms with Crippen LogP contribution >= 0.6 is 0 Å². The Morgan fingerprint density at radius 1 is 1.57 bits per heavy atom. The molecule has 2 aromatic rings. The van der Waals surface area contributed by atoms with Crippen LogP contribution in [0.25, 0.3) is 0 Å². The van der Waals surface area contributed by atoms with Crippen LogP contribution in [0.5, 0.6) is 5.75 Å². The third-order valence-electron chi connectivity index (χ3n) is 3.39. The minimum atomic E-state index is -0.767. The number of rotatable bonds is 4. The lowest BCUT2D eigenvalue weighted by Crippen LogP contribution is -2.28. The van der Waals surface area contributed by atoms with Crippen LogP contribution in [-0.2, 0) is 13.5 Å². The van der Waals surface area contributed by atoms with Crippen molar-refractivity contribution in [3.8, 4) is 5.75 Å². The van der Waals surface area contributed by atoms with Crippen molar-refractivity contribution in [2.24, 2.45) is 7.05 Å². The molecule has 0 unspecified atom stereocenters. The molecule has 7 heteroatoms. The maximum absolute atomic E-state index is 11.8. The first-order valence-corrected chi connectivity index (χ1v) is 6.71. The van der Waals surface area contributed by atoms with Crippen molar-refractivity contribution >= 4 is 5.91 Å². The molecule has 1 aromatic heterocycles. The van der Waals surface area contributed by atoms with E-state index >= 15 is 0 Å². The van der Waals surface area contributed by atoms with Crippen molar-refractivity contribution in [1.29, 1.82) is 0 Å². The van der Waals surface area contributed by atoms with Crippen LogP contribution in [-0.4, -0.2) is 39.2 Å². The summed E-state index contributed by atoms with van der Waals surface area (Å²) in [5, 5.41) is 20.2. The molecule has 0 saturated carbocycles. The number of hydrogen-bond donors (Lipinski definition) is 2. The van der Waals surface area contributed by atoms with E-state index in [1.807, 2.05) is 18.2 Å². The Morgan fingerprint density at radius 3 is 3.19 bits per heavy atom. The fraction of sp³-hybridized carbons (Fsp3) is 0.357. The summed E-state index contributed by atoms with van der Waals surface area (Å²) in [7, 11) is 1.69. The summed E-state index contributed by atoms with van der Waals surface area (Å²) in [6, 6.07) is 5.58. The Bertz CT molecular complexity index is 668. The molecule has 21 heavy (non-hydrogen) atoms. The summed E-state index contributed by atoms with van der Waals surface area (Å²) in [4.78, 5) is 11.8. The van der Waals surface area contributed by atoms with Gasteiger partial charge in [0, 0.05) is 20.0 Å². The van der Waals surface area contributed by atoms with Gasteiger partial charge in [0.1, 0.15) is 5.75 Å². The van der Waals surface area contributed by atoms with Crippen molar-refractivity contribution < 1.29 is 14.6 Å². The first kappa shape index (κ1) is 13.6. The van der Waals surface area contributed by atoms with Gasteiger partial charge in [-0.05, 0) is 23.3 Å². The van der Waals surface area contributed by atoms with Crippen molar-refractivity contribution in [3.05, 3.63) is 41.2 Å². The second-order valence-electron chi connectivity index (χ2n) is 4.97. The summed E-state index contributed by atoms with van der Waals surface area (Å²) < 4.78 is 6.87. The zero-order valence-electron chi connectivity index (χ0n) is 11.6. The number of nitrogens with zero attached hydrogens (tertiary/aromatic N) is 3. The standard InChI is InChI=1S/C14H16N4O3/c1-18-8-11(16-17-18)14(20)15-7-12(19)9-2-3-13-10(6-9)4-5-21-13/h2-3,6,8,12,19H,4-5,7H2,1H3,(H,15,20)/t12-/m0/s1. The fourth-order valence-corrected chi connectivity index (χ4v) is 2.26. The Morgan fingerprint density at radius 2 is 2.43 bits per heavy atom. The number of hydrogen-bond acceptors (Lipinski definition) is 5. The second kappa shape index (κ2) is 5.53. The van der Waals surface area contributed by atoms with Gasteiger partial charge in [-0.2, -0.15) is 0 Å². The molecule has 7 nitrogen and oxygen atoms in total. The third kappa shape index (κ3) is 2.87. The van der Waals surface area contributed by atoms with E-state index in [2.05, 4.69) is 15.6 Å². The SMILES string of the molecule is Cn1cc(C(=O)NC[C@H](O)c2ccc3c(c2)CCO3)nn1. The van der Waals surface area contributed by atoms with E-state index in [9.17, 15) is 9.90 Å². The lowest BCUT2D eigenvalue weighted by molar-refractivity contribution is 0.0911. The van der Waals surface area contributed by atoms with E-state index in [0.717, 1.165) is 23.3 Å². The van der Waals surface area contributed by atoms with Gasteiger partial charge >= 0.3 is 0 Å². The van der Waals surface area contributed by atoms with Crippen molar-refractivity contribution in [2.75, 3.05) is 13.2 Å². The molecule has 2 N–H and O–H groups in total. The molecule has 0 fully saturated rings. The van der Waals surface area contributed by atoms with E-state index in [4.69, 9.17) is 4.74 Å². The molecule has 1 amide bonds. The van der Waals surface area contributed by atoms with Gasteiger partial charge < -0.3 is 15.2 Å². The molecule has 1 aliphatic rings. The van der Waals surface area contributed by atoms with Gasteiger partial charge in [0.15, 0.2) is 5.69 Å². The van der Waals surface area contributed by atoms with Crippen LogP contribution in [0.1, 0.15) is 27.7 Å². The molecule has 0 aliphatic carbocycles. The smallest absolute Gasteiger partial charge is 0.273 e. The number of fused-ring (bicyclic) bond motifs is 1. The van der Waals surface area contributed by atoms with E-state index in [0.29, 0.717) is 6.61 Å². The highest BCUT2D eigenvalue weighted by Gasteiger charge is 2.17. The van der Waals surface area contributed by atoms with E-state index in [1.165, 1.54) is 10.9 Å². The van der Waals surface area contributed by atoms with Crippen LogP contribution in [0.15, 0.2) is 24.4 Å². The molecule has 2 heterocycles. The quantitative estimate of drug-likeness (QED) is 0.839. The second-order valence-corrected chi connectivity index (χ2v) is 4.97. The maximum Gasteiger partial charge on any atom is 0.273 e. The van der Waals surface area contributed by atoms with E-state index < -0.39 is 6.10 Å². The summed E-state index contributed by atoms with van der Waals surface area (Å²) in [6.07, 6.45) is 1.60. The highest BCUT2D eigenvalue weighted by molar-refractivity contribution is 5.91. The summed E-state index contributed by atoms with van der Waals surface area (Å²) in [5.41, 5.74) is 2.08. The van der Waals surface area contributed by atoms with Crippen molar-refractivity contribution in [1.82, 2.24) is 20.3 Å². The topological polar surface area (TPSA) is 89.3 Å². The number of carbonyl (C=O) groups is 1. The molecule has 0 radical (unpaired) electrons. The van der Waals surface area contributed by atoms with Crippen LogP contribution in [0.4, 0.5) is 0 Å². The first-order valence-electron chi connectivity index (χ1n) is 6.71. The number of aliphatic hydroxyl groups is 1. The zero-order valence-corrected chi connectivity index (χ0v) is 11.6. The average Bonchev–Trinajstić information content (AvgIpc) is 3.12. The number of carbonyl (C=O) groups excluding carboxylic acids is 1. The number of aryl methyl sites for hydroxylation is 1. The normalized spacial score (nSPS) is 14.4. The molecular weight excluding hydrogens is 272 g/mol. The lowest BCUT2D eigenvalue weighted by atomic mass is 10.0. The number of aliphatic hydroxyl groups excluding tert-OH is 1. The third-order valence-corrected chi connectivity index (χ3v) is 3.39. The van der Waals surface area contributed by atoms with Crippen molar-refractivity contribution in [3.63, 3.8) is 0 Å². The molecule has 1 aromatic carbocycles. The number of ether oxygens (including phenoxy) is 1. The van der Waals surface area contributed by atoms with Gasteiger partial charge in [-0.25, -0.2) is 0 Å². The molecule has 3 rings (SSSR count). The van der Waals surface area contributed by atoms with Gasteiger partial charge in [0.2, 0.25) is 0 Å². The molecule has 110 valence electrons. The summed E-state index contributed by atoms with van der Waals surface area (Å²) in [6.45, 7) is 0.799. The minimum absolute atomic E-state index is 0.120. The molecular formula is C14H16N4O3. The monoisotopic (exact) mass is 288 g/mol. The largest absolute Gasteiger partial charge is 0.493 e. The summed E-state index contributed by atoms with van der Waals surface area (Å²) >= 11 is 0.